The van der Waals surface area contributed by atoms with Gasteiger partial charge < -0.3 is 9.80 Å². The van der Waals surface area contributed by atoms with Crippen LogP contribution in [0.4, 0.5) is 0 Å². The fourth-order valence-corrected chi connectivity index (χ4v) is 4.32. The van der Waals surface area contributed by atoms with Crippen LogP contribution in [0.15, 0.2) is 24.3 Å². The molecule has 0 spiro atoms. The van der Waals surface area contributed by atoms with Crippen molar-refractivity contribution in [2.75, 3.05) is 32.7 Å². The van der Waals surface area contributed by atoms with Gasteiger partial charge in [0, 0.05) is 45.2 Å². The molecule has 2 aliphatic rings. The lowest BCUT2D eigenvalue weighted by molar-refractivity contribution is -0.145. The van der Waals surface area contributed by atoms with Crippen LogP contribution in [0.3, 0.4) is 0 Å². The molecule has 0 unspecified atom stereocenters. The highest BCUT2D eigenvalue weighted by Crippen LogP contribution is 2.24. The summed E-state index contributed by atoms with van der Waals surface area (Å²) in [6.45, 7) is 12.5. The molecule has 2 aliphatic heterocycles. The zero-order valence-electron chi connectivity index (χ0n) is 17.1. The van der Waals surface area contributed by atoms with Crippen LogP contribution in [0, 0.1) is 11.8 Å². The van der Waals surface area contributed by atoms with E-state index in [9.17, 15) is 9.59 Å². The van der Waals surface area contributed by atoms with E-state index in [1.165, 1.54) is 11.1 Å². The molecule has 1 aromatic rings. The Morgan fingerprint density at radius 3 is 1.93 bits per heavy atom. The van der Waals surface area contributed by atoms with Gasteiger partial charge in [-0.3, -0.25) is 14.5 Å². The summed E-state index contributed by atoms with van der Waals surface area (Å²) in [7, 11) is 0. The van der Waals surface area contributed by atoms with E-state index in [0.29, 0.717) is 26.2 Å². The first-order valence-electron chi connectivity index (χ1n) is 10.3. The Kier molecular flexibility index (Phi) is 6.20. The number of nitrogens with zero attached hydrogens (tertiary/aromatic N) is 3. The number of rotatable bonds is 4. The maximum absolute atomic E-state index is 13.3. The van der Waals surface area contributed by atoms with E-state index in [-0.39, 0.29) is 29.7 Å². The SMILES string of the molecule is CC(C)C(=O)N1CCN(C(=O)[C@H](C(C)C)N2CCc3ccccc3C2)CC1. The summed E-state index contributed by atoms with van der Waals surface area (Å²) >= 11 is 0. The summed E-state index contributed by atoms with van der Waals surface area (Å²) in [5.74, 6) is 0.693. The molecule has 0 N–H and O–H groups in total. The van der Waals surface area contributed by atoms with Crippen molar-refractivity contribution < 1.29 is 9.59 Å². The smallest absolute Gasteiger partial charge is 0.240 e. The third-order valence-electron chi connectivity index (χ3n) is 5.83. The Morgan fingerprint density at radius 2 is 1.37 bits per heavy atom. The van der Waals surface area contributed by atoms with Gasteiger partial charge in [0.1, 0.15) is 0 Å². The van der Waals surface area contributed by atoms with Crippen LogP contribution in [0.25, 0.3) is 0 Å². The van der Waals surface area contributed by atoms with E-state index >= 15 is 0 Å². The average Bonchev–Trinajstić information content (AvgIpc) is 2.67. The zero-order chi connectivity index (χ0) is 19.6. The third-order valence-corrected chi connectivity index (χ3v) is 5.83. The van der Waals surface area contributed by atoms with Crippen molar-refractivity contribution in [2.45, 2.75) is 46.7 Å². The highest BCUT2D eigenvalue weighted by Gasteiger charge is 2.35. The van der Waals surface area contributed by atoms with Gasteiger partial charge in [-0.2, -0.15) is 0 Å². The second-order valence-electron chi connectivity index (χ2n) is 8.48. The first kappa shape index (κ1) is 19.9. The minimum absolute atomic E-state index is 0.0177. The van der Waals surface area contributed by atoms with Crippen LogP contribution >= 0.6 is 0 Å². The Morgan fingerprint density at radius 1 is 0.815 bits per heavy atom. The molecule has 0 radical (unpaired) electrons. The van der Waals surface area contributed by atoms with Gasteiger partial charge in [-0.25, -0.2) is 0 Å². The summed E-state index contributed by atoms with van der Waals surface area (Å²) in [6.07, 6.45) is 1.00. The highest BCUT2D eigenvalue weighted by atomic mass is 16.2. The number of hydrogen-bond donors (Lipinski definition) is 0. The molecule has 3 rings (SSSR count). The maximum Gasteiger partial charge on any atom is 0.240 e. The van der Waals surface area contributed by atoms with Crippen molar-refractivity contribution in [3.8, 4) is 0 Å². The van der Waals surface area contributed by atoms with E-state index in [4.69, 9.17) is 0 Å². The number of fused-ring (bicyclic) bond motifs is 1. The molecule has 1 aromatic carbocycles. The lowest BCUT2D eigenvalue weighted by Gasteiger charge is -2.42. The standard InChI is InChI=1S/C22H33N3O2/c1-16(2)20(25-10-9-18-7-5-6-8-19(18)15-25)22(27)24-13-11-23(12-14-24)21(26)17(3)4/h5-8,16-17,20H,9-15H2,1-4H3/t20-/m0/s1. The van der Waals surface area contributed by atoms with Gasteiger partial charge in [0.05, 0.1) is 6.04 Å². The van der Waals surface area contributed by atoms with Crippen molar-refractivity contribution in [2.24, 2.45) is 11.8 Å². The normalized spacial score (nSPS) is 19.3. The van der Waals surface area contributed by atoms with E-state index < -0.39 is 0 Å². The van der Waals surface area contributed by atoms with Gasteiger partial charge in [0.15, 0.2) is 0 Å². The van der Waals surface area contributed by atoms with Gasteiger partial charge in [0.25, 0.3) is 0 Å². The number of hydrogen-bond acceptors (Lipinski definition) is 3. The lowest BCUT2D eigenvalue weighted by Crippen LogP contribution is -2.58. The van der Waals surface area contributed by atoms with Gasteiger partial charge >= 0.3 is 0 Å². The zero-order valence-corrected chi connectivity index (χ0v) is 17.1. The second-order valence-corrected chi connectivity index (χ2v) is 8.48. The van der Waals surface area contributed by atoms with Gasteiger partial charge in [-0.1, -0.05) is 52.0 Å². The first-order chi connectivity index (χ1) is 12.9. The van der Waals surface area contributed by atoms with Crippen LogP contribution < -0.4 is 0 Å². The van der Waals surface area contributed by atoms with Crippen molar-refractivity contribution in [3.63, 3.8) is 0 Å². The second kappa shape index (κ2) is 8.42. The van der Waals surface area contributed by atoms with E-state index in [1.807, 2.05) is 23.6 Å². The minimum atomic E-state index is -0.0919. The fraction of sp³-hybridized carbons (Fsp3) is 0.636. The van der Waals surface area contributed by atoms with Crippen LogP contribution in [-0.2, 0) is 22.6 Å². The van der Waals surface area contributed by atoms with Gasteiger partial charge in [-0.15, -0.1) is 0 Å². The van der Waals surface area contributed by atoms with Crippen molar-refractivity contribution >= 4 is 11.8 Å². The highest BCUT2D eigenvalue weighted by molar-refractivity contribution is 5.83. The average molecular weight is 372 g/mol. The molecular weight excluding hydrogens is 338 g/mol. The molecule has 0 aromatic heterocycles. The molecule has 27 heavy (non-hydrogen) atoms. The van der Waals surface area contributed by atoms with Crippen LogP contribution in [0.2, 0.25) is 0 Å². The molecule has 0 bridgehead atoms. The molecule has 1 saturated heterocycles. The molecule has 2 amide bonds. The van der Waals surface area contributed by atoms with Crippen molar-refractivity contribution in [3.05, 3.63) is 35.4 Å². The first-order valence-corrected chi connectivity index (χ1v) is 10.3. The van der Waals surface area contributed by atoms with Crippen molar-refractivity contribution in [1.82, 2.24) is 14.7 Å². The molecule has 1 atom stereocenters. The van der Waals surface area contributed by atoms with Gasteiger partial charge in [-0.05, 0) is 23.5 Å². The largest absolute Gasteiger partial charge is 0.339 e. The Bertz CT molecular complexity index is 678. The summed E-state index contributed by atoms with van der Waals surface area (Å²) < 4.78 is 0. The molecule has 5 nitrogen and oxygen atoms in total. The molecule has 0 aliphatic carbocycles. The summed E-state index contributed by atoms with van der Waals surface area (Å²) in [6, 6.07) is 8.46. The molecule has 148 valence electrons. The maximum atomic E-state index is 13.3. The van der Waals surface area contributed by atoms with Crippen LogP contribution in [0.5, 0.6) is 0 Å². The third kappa shape index (κ3) is 4.34. The number of carbonyl (C=O) groups excluding carboxylic acids is 2. The van der Waals surface area contributed by atoms with E-state index in [1.54, 1.807) is 0 Å². The number of piperazine rings is 1. The van der Waals surface area contributed by atoms with Crippen molar-refractivity contribution in [1.29, 1.82) is 0 Å². The predicted octanol–water partition coefficient (Wildman–Crippen LogP) is 2.40. The minimum Gasteiger partial charge on any atom is -0.339 e. The van der Waals surface area contributed by atoms with Gasteiger partial charge in [0.2, 0.25) is 11.8 Å². The monoisotopic (exact) mass is 371 g/mol. The molecule has 2 heterocycles. The topological polar surface area (TPSA) is 43.9 Å². The summed E-state index contributed by atoms with van der Waals surface area (Å²) in [5, 5.41) is 0. The Labute approximate surface area is 163 Å². The fourth-order valence-electron chi connectivity index (χ4n) is 4.32. The van der Waals surface area contributed by atoms with Crippen LogP contribution in [-0.4, -0.2) is 65.3 Å². The van der Waals surface area contributed by atoms with E-state index in [0.717, 1.165) is 19.5 Å². The Balaban J connectivity index is 1.66. The number of carbonyl (C=O) groups is 2. The van der Waals surface area contributed by atoms with Crippen LogP contribution in [0.1, 0.15) is 38.8 Å². The summed E-state index contributed by atoms with van der Waals surface area (Å²) in [4.78, 5) is 31.8. The predicted molar refractivity (Wildman–Crippen MR) is 107 cm³/mol. The molecule has 1 fully saturated rings. The molecular formula is C22H33N3O2. The number of amides is 2. The lowest BCUT2D eigenvalue weighted by atomic mass is 9.94. The molecule has 0 saturated carbocycles. The van der Waals surface area contributed by atoms with E-state index in [2.05, 4.69) is 43.0 Å². The molecule has 5 heteroatoms. The quantitative estimate of drug-likeness (QED) is 0.816. The summed E-state index contributed by atoms with van der Waals surface area (Å²) in [5.41, 5.74) is 2.75. The Hall–Kier alpha value is -1.88. The number of benzene rings is 1.